The SMILES string of the molecule is COC(=O)[C@H](NCC(=O)Nc1cccc(-c2nc(SC)nc3sc(C(N)=O)c(N)c23)c1)C(C)C. The van der Waals surface area contributed by atoms with Gasteiger partial charge in [0.1, 0.15) is 15.7 Å². The Hall–Kier alpha value is -3.22. The van der Waals surface area contributed by atoms with Gasteiger partial charge >= 0.3 is 5.97 Å². The van der Waals surface area contributed by atoms with Gasteiger partial charge < -0.3 is 21.5 Å². The molecule has 0 bridgehead atoms. The zero-order valence-electron chi connectivity index (χ0n) is 19.2. The Morgan fingerprint density at radius 2 is 1.97 bits per heavy atom. The number of nitrogens with one attached hydrogen (secondary N) is 2. The van der Waals surface area contributed by atoms with Crippen LogP contribution >= 0.6 is 23.1 Å². The molecule has 2 heterocycles. The van der Waals surface area contributed by atoms with Crippen LogP contribution < -0.4 is 22.1 Å². The van der Waals surface area contributed by atoms with E-state index in [1.54, 1.807) is 18.2 Å². The Morgan fingerprint density at radius 1 is 1.24 bits per heavy atom. The van der Waals surface area contributed by atoms with E-state index in [1.807, 2.05) is 26.2 Å². The van der Waals surface area contributed by atoms with Crippen molar-refractivity contribution < 1.29 is 19.1 Å². The molecule has 3 aromatic rings. The Labute approximate surface area is 204 Å². The summed E-state index contributed by atoms with van der Waals surface area (Å²) in [7, 11) is 1.31. The monoisotopic (exact) mass is 502 g/mol. The number of ether oxygens (including phenoxy) is 1. The Balaban J connectivity index is 1.89. The molecule has 12 heteroatoms. The maximum Gasteiger partial charge on any atom is 0.323 e. The van der Waals surface area contributed by atoms with E-state index in [0.717, 1.165) is 11.3 Å². The minimum Gasteiger partial charge on any atom is -0.468 e. The Kier molecular flexibility index (Phi) is 8.07. The van der Waals surface area contributed by atoms with Crippen molar-refractivity contribution in [2.45, 2.75) is 25.0 Å². The van der Waals surface area contributed by atoms with Gasteiger partial charge in [0.15, 0.2) is 5.16 Å². The first-order chi connectivity index (χ1) is 16.2. The third kappa shape index (κ3) is 5.46. The number of nitrogen functional groups attached to an aromatic ring is 1. The zero-order valence-corrected chi connectivity index (χ0v) is 20.8. The van der Waals surface area contributed by atoms with E-state index >= 15 is 0 Å². The average molecular weight is 503 g/mol. The fraction of sp³-hybridized carbons (Fsp3) is 0.318. The van der Waals surface area contributed by atoms with Gasteiger partial charge in [-0.1, -0.05) is 37.7 Å². The predicted octanol–water partition coefficient (Wildman–Crippen LogP) is 2.49. The Morgan fingerprint density at radius 3 is 2.59 bits per heavy atom. The lowest BCUT2D eigenvalue weighted by atomic mass is 10.0. The van der Waals surface area contributed by atoms with Crippen LogP contribution in [0.5, 0.6) is 0 Å². The zero-order chi connectivity index (χ0) is 25.0. The first kappa shape index (κ1) is 25.4. The summed E-state index contributed by atoms with van der Waals surface area (Å²) >= 11 is 2.48. The van der Waals surface area contributed by atoms with Crippen LogP contribution in [0.2, 0.25) is 0 Å². The van der Waals surface area contributed by atoms with Gasteiger partial charge in [0, 0.05) is 11.3 Å². The second-order valence-electron chi connectivity index (χ2n) is 7.70. The molecule has 1 atom stereocenters. The predicted molar refractivity (Wildman–Crippen MR) is 135 cm³/mol. The highest BCUT2D eigenvalue weighted by Crippen LogP contribution is 2.39. The molecule has 0 aliphatic heterocycles. The molecule has 0 aliphatic rings. The fourth-order valence-electron chi connectivity index (χ4n) is 3.36. The number of fused-ring (bicyclic) bond motifs is 1. The van der Waals surface area contributed by atoms with Crippen LogP contribution in [-0.2, 0) is 14.3 Å². The first-order valence-corrected chi connectivity index (χ1v) is 12.4. The molecule has 2 amide bonds. The molecule has 34 heavy (non-hydrogen) atoms. The van der Waals surface area contributed by atoms with Crippen LogP contribution in [0, 0.1) is 5.92 Å². The summed E-state index contributed by atoms with van der Waals surface area (Å²) in [5.41, 5.74) is 13.7. The summed E-state index contributed by atoms with van der Waals surface area (Å²) < 4.78 is 4.78. The summed E-state index contributed by atoms with van der Waals surface area (Å²) in [5.74, 6) is -1.42. The molecule has 2 aromatic heterocycles. The number of rotatable bonds is 9. The standard InChI is InChI=1S/C22H26N6O4S2/c1-10(2)16(21(31)32-3)25-9-13(29)26-12-7-5-6-11(8-12)17-14-15(23)18(19(24)30)34-20(14)28-22(27-17)33-4/h5-8,10,16,25H,9,23H2,1-4H3,(H2,24,30)(H,26,29)/t16-/m1/s1. The number of esters is 1. The molecule has 0 saturated heterocycles. The third-order valence-electron chi connectivity index (χ3n) is 5.00. The van der Waals surface area contributed by atoms with Gasteiger partial charge in [0.05, 0.1) is 30.4 Å². The number of anilines is 2. The van der Waals surface area contributed by atoms with Crippen LogP contribution in [0.3, 0.4) is 0 Å². The van der Waals surface area contributed by atoms with Crippen molar-refractivity contribution in [1.82, 2.24) is 15.3 Å². The largest absolute Gasteiger partial charge is 0.468 e. The van der Waals surface area contributed by atoms with E-state index in [-0.39, 0.29) is 28.9 Å². The number of carbonyl (C=O) groups excluding carboxylic acids is 3. The Bertz CT molecular complexity index is 1240. The van der Waals surface area contributed by atoms with Crippen molar-refractivity contribution in [2.24, 2.45) is 11.7 Å². The summed E-state index contributed by atoms with van der Waals surface area (Å²) in [6.45, 7) is 3.65. The number of aromatic nitrogens is 2. The topological polar surface area (TPSA) is 162 Å². The number of hydrogen-bond donors (Lipinski definition) is 4. The second-order valence-corrected chi connectivity index (χ2v) is 9.48. The quantitative estimate of drug-likeness (QED) is 0.196. The fourth-order valence-corrected chi connectivity index (χ4v) is 4.73. The maximum atomic E-state index is 12.5. The van der Waals surface area contributed by atoms with Crippen LogP contribution in [0.4, 0.5) is 11.4 Å². The maximum absolute atomic E-state index is 12.5. The normalized spacial score (nSPS) is 12.0. The van der Waals surface area contributed by atoms with Crippen molar-refractivity contribution in [3.63, 3.8) is 0 Å². The summed E-state index contributed by atoms with van der Waals surface area (Å²) in [5, 5.41) is 6.80. The molecule has 1 aromatic carbocycles. The molecule has 180 valence electrons. The number of carbonyl (C=O) groups is 3. The van der Waals surface area contributed by atoms with Crippen molar-refractivity contribution in [3.8, 4) is 11.3 Å². The minimum atomic E-state index is -0.627. The molecule has 10 nitrogen and oxygen atoms in total. The molecule has 0 spiro atoms. The molecule has 0 fully saturated rings. The van der Waals surface area contributed by atoms with Crippen molar-refractivity contribution in [1.29, 1.82) is 0 Å². The number of methoxy groups -OCH3 is 1. The molecule has 3 rings (SSSR count). The van der Waals surface area contributed by atoms with Crippen LogP contribution in [0.1, 0.15) is 23.5 Å². The smallest absolute Gasteiger partial charge is 0.323 e. The van der Waals surface area contributed by atoms with E-state index < -0.39 is 17.9 Å². The van der Waals surface area contributed by atoms with E-state index in [1.165, 1.54) is 18.9 Å². The highest BCUT2D eigenvalue weighted by atomic mass is 32.2. The molecular formula is C22H26N6O4S2. The lowest BCUT2D eigenvalue weighted by Gasteiger charge is -2.19. The second kappa shape index (κ2) is 10.8. The van der Waals surface area contributed by atoms with Gasteiger partial charge in [-0.3, -0.25) is 19.7 Å². The number of nitrogens with zero attached hydrogens (tertiary/aromatic N) is 2. The van der Waals surface area contributed by atoms with Gasteiger partial charge in [-0.2, -0.15) is 0 Å². The van der Waals surface area contributed by atoms with Gasteiger partial charge in [-0.25, -0.2) is 9.97 Å². The highest BCUT2D eigenvalue weighted by molar-refractivity contribution is 7.98. The number of primary amides is 1. The molecule has 6 N–H and O–H groups in total. The number of amides is 2. The third-order valence-corrected chi connectivity index (χ3v) is 6.66. The highest BCUT2D eigenvalue weighted by Gasteiger charge is 2.24. The number of benzene rings is 1. The number of thiophene rings is 1. The van der Waals surface area contributed by atoms with E-state index in [0.29, 0.717) is 32.3 Å². The molecule has 0 unspecified atom stereocenters. The van der Waals surface area contributed by atoms with Crippen molar-refractivity contribution in [2.75, 3.05) is 31.0 Å². The summed E-state index contributed by atoms with van der Waals surface area (Å²) in [4.78, 5) is 46.0. The van der Waals surface area contributed by atoms with Gasteiger partial charge in [0.25, 0.3) is 5.91 Å². The van der Waals surface area contributed by atoms with E-state index in [4.69, 9.17) is 16.2 Å². The van der Waals surface area contributed by atoms with Crippen molar-refractivity contribution in [3.05, 3.63) is 29.1 Å². The lowest BCUT2D eigenvalue weighted by Crippen LogP contribution is -2.45. The van der Waals surface area contributed by atoms with Crippen LogP contribution in [-0.4, -0.2) is 53.7 Å². The number of nitrogens with two attached hydrogens (primary N) is 2. The summed E-state index contributed by atoms with van der Waals surface area (Å²) in [6, 6.07) is 6.50. The molecule has 0 radical (unpaired) electrons. The molecular weight excluding hydrogens is 476 g/mol. The van der Waals surface area contributed by atoms with E-state index in [9.17, 15) is 14.4 Å². The molecule has 0 aliphatic carbocycles. The minimum absolute atomic E-state index is 0.0456. The number of thioether (sulfide) groups is 1. The van der Waals surface area contributed by atoms with Crippen LogP contribution in [0.25, 0.3) is 21.5 Å². The first-order valence-electron chi connectivity index (χ1n) is 10.3. The lowest BCUT2D eigenvalue weighted by molar-refractivity contribution is -0.144. The summed E-state index contributed by atoms with van der Waals surface area (Å²) in [6.07, 6.45) is 1.85. The average Bonchev–Trinajstić information content (AvgIpc) is 3.14. The number of hydrogen-bond acceptors (Lipinski definition) is 10. The molecule has 0 saturated carbocycles. The van der Waals surface area contributed by atoms with E-state index in [2.05, 4.69) is 20.6 Å². The van der Waals surface area contributed by atoms with Gasteiger partial charge in [-0.15, -0.1) is 11.3 Å². The van der Waals surface area contributed by atoms with Gasteiger partial charge in [0.2, 0.25) is 5.91 Å². The van der Waals surface area contributed by atoms with Gasteiger partial charge in [-0.05, 0) is 24.3 Å². The van der Waals surface area contributed by atoms with Crippen molar-refractivity contribution >= 4 is 62.5 Å². The van der Waals surface area contributed by atoms with Crippen LogP contribution in [0.15, 0.2) is 29.4 Å².